The summed E-state index contributed by atoms with van der Waals surface area (Å²) in [5.74, 6) is 5.16. The van der Waals surface area contributed by atoms with Crippen LogP contribution in [-0.4, -0.2) is 4.98 Å². The summed E-state index contributed by atoms with van der Waals surface area (Å²) in [6.45, 7) is 0. The molecule has 0 aliphatic heterocycles. The van der Waals surface area contributed by atoms with E-state index < -0.39 is 0 Å². The molecule has 1 atom stereocenters. The van der Waals surface area contributed by atoms with Gasteiger partial charge in [-0.2, -0.15) is 0 Å². The van der Waals surface area contributed by atoms with Gasteiger partial charge < -0.3 is 0 Å². The summed E-state index contributed by atoms with van der Waals surface area (Å²) < 4.78 is 12.9. The van der Waals surface area contributed by atoms with Gasteiger partial charge in [0.05, 0.1) is 11.6 Å². The Labute approximate surface area is 107 Å². The Morgan fingerprint density at radius 3 is 2.94 bits per heavy atom. The first kappa shape index (κ1) is 12.4. The van der Waals surface area contributed by atoms with E-state index in [1.165, 1.54) is 23.5 Å². The zero-order chi connectivity index (χ0) is 12.3. The maximum atomic E-state index is 12.9. The average Bonchev–Trinajstić information content (AvgIpc) is 2.81. The molecule has 6 heteroatoms. The summed E-state index contributed by atoms with van der Waals surface area (Å²) in [4.78, 5) is 5.02. The van der Waals surface area contributed by atoms with Gasteiger partial charge in [-0.05, 0) is 24.1 Å². The Morgan fingerprint density at radius 1 is 1.53 bits per heavy atom. The molecule has 1 heterocycles. The number of hydrogen-bond donors (Lipinski definition) is 2. The van der Waals surface area contributed by atoms with Crippen LogP contribution in [0.5, 0.6) is 0 Å². The molecule has 0 saturated carbocycles. The van der Waals surface area contributed by atoms with Gasteiger partial charge in [-0.3, -0.25) is 16.3 Å². The van der Waals surface area contributed by atoms with Crippen molar-refractivity contribution in [2.75, 3.05) is 0 Å². The van der Waals surface area contributed by atoms with E-state index in [0.717, 1.165) is 10.4 Å². The number of nitrogens with one attached hydrogen (secondary N) is 1. The SMILES string of the molecule is NNC(Cc1ccc(F)cc1Cl)c1cncs1. The molecule has 1 unspecified atom stereocenters. The van der Waals surface area contributed by atoms with Crippen LogP contribution < -0.4 is 11.3 Å². The highest BCUT2D eigenvalue weighted by atomic mass is 35.5. The number of halogens is 2. The second kappa shape index (κ2) is 5.55. The number of benzene rings is 1. The maximum Gasteiger partial charge on any atom is 0.124 e. The highest BCUT2D eigenvalue weighted by Gasteiger charge is 2.14. The lowest BCUT2D eigenvalue weighted by Gasteiger charge is -2.14. The number of hydrogen-bond acceptors (Lipinski definition) is 4. The van der Waals surface area contributed by atoms with E-state index in [-0.39, 0.29) is 11.9 Å². The van der Waals surface area contributed by atoms with E-state index in [9.17, 15) is 4.39 Å². The number of hydrazine groups is 1. The van der Waals surface area contributed by atoms with Crippen LogP contribution in [-0.2, 0) is 6.42 Å². The normalized spacial score (nSPS) is 12.6. The van der Waals surface area contributed by atoms with Crippen molar-refractivity contribution in [3.05, 3.63) is 51.2 Å². The van der Waals surface area contributed by atoms with Crippen LogP contribution in [0.2, 0.25) is 5.02 Å². The molecule has 0 spiro atoms. The van der Waals surface area contributed by atoms with Crippen LogP contribution in [0.25, 0.3) is 0 Å². The minimum absolute atomic E-state index is 0.0644. The fourth-order valence-corrected chi connectivity index (χ4v) is 2.47. The molecule has 0 aliphatic carbocycles. The van der Waals surface area contributed by atoms with Crippen molar-refractivity contribution < 1.29 is 4.39 Å². The van der Waals surface area contributed by atoms with E-state index in [1.807, 2.05) is 0 Å². The summed E-state index contributed by atoms with van der Waals surface area (Å²) in [5, 5.41) is 0.412. The number of thiazole rings is 1. The molecule has 3 nitrogen and oxygen atoms in total. The summed E-state index contributed by atoms with van der Waals surface area (Å²) in [5.41, 5.74) is 5.31. The third-order valence-corrected chi connectivity index (χ3v) is 3.68. The van der Waals surface area contributed by atoms with Crippen molar-refractivity contribution in [1.29, 1.82) is 0 Å². The Hall–Kier alpha value is -1.01. The zero-order valence-electron chi connectivity index (χ0n) is 8.86. The minimum atomic E-state index is -0.339. The fourth-order valence-electron chi connectivity index (χ4n) is 1.55. The largest absolute Gasteiger partial charge is 0.271 e. The first-order chi connectivity index (χ1) is 8.20. The predicted molar refractivity (Wildman–Crippen MR) is 67.3 cm³/mol. The molecule has 0 bridgehead atoms. The fraction of sp³-hybridized carbons (Fsp3) is 0.182. The van der Waals surface area contributed by atoms with Gasteiger partial charge >= 0.3 is 0 Å². The van der Waals surface area contributed by atoms with E-state index in [0.29, 0.717) is 11.4 Å². The van der Waals surface area contributed by atoms with Gasteiger partial charge in [0, 0.05) is 16.1 Å². The number of aromatic nitrogens is 1. The van der Waals surface area contributed by atoms with Gasteiger partial charge in [-0.1, -0.05) is 17.7 Å². The number of nitrogens with zero attached hydrogens (tertiary/aromatic N) is 1. The molecular weight excluding hydrogens is 261 g/mol. The van der Waals surface area contributed by atoms with Crippen LogP contribution in [0.15, 0.2) is 29.9 Å². The molecule has 0 amide bonds. The second-order valence-corrected chi connectivity index (χ2v) is 4.89. The third-order valence-electron chi connectivity index (χ3n) is 2.44. The summed E-state index contributed by atoms with van der Waals surface area (Å²) >= 11 is 7.48. The lowest BCUT2D eigenvalue weighted by Crippen LogP contribution is -2.29. The summed E-state index contributed by atoms with van der Waals surface area (Å²) in [6.07, 6.45) is 2.35. The van der Waals surface area contributed by atoms with Gasteiger partial charge in [-0.25, -0.2) is 4.39 Å². The molecule has 0 radical (unpaired) electrons. The van der Waals surface area contributed by atoms with Crippen LogP contribution in [0.3, 0.4) is 0 Å². The topological polar surface area (TPSA) is 50.9 Å². The Morgan fingerprint density at radius 2 is 2.35 bits per heavy atom. The van der Waals surface area contributed by atoms with Crippen molar-refractivity contribution >= 4 is 22.9 Å². The van der Waals surface area contributed by atoms with Crippen molar-refractivity contribution in [2.45, 2.75) is 12.5 Å². The molecule has 0 fully saturated rings. The van der Waals surface area contributed by atoms with Crippen LogP contribution >= 0.6 is 22.9 Å². The van der Waals surface area contributed by atoms with Gasteiger partial charge in [-0.15, -0.1) is 11.3 Å². The molecule has 1 aromatic carbocycles. The van der Waals surface area contributed by atoms with E-state index >= 15 is 0 Å². The number of rotatable bonds is 4. The van der Waals surface area contributed by atoms with Crippen LogP contribution in [0.1, 0.15) is 16.5 Å². The van der Waals surface area contributed by atoms with Crippen molar-refractivity contribution in [2.24, 2.45) is 5.84 Å². The lowest BCUT2D eigenvalue weighted by molar-refractivity contribution is 0.558. The molecule has 2 aromatic rings. The molecule has 1 aromatic heterocycles. The molecular formula is C11H11ClFN3S. The molecule has 2 rings (SSSR count). The molecule has 0 saturated heterocycles. The highest BCUT2D eigenvalue weighted by molar-refractivity contribution is 7.09. The zero-order valence-corrected chi connectivity index (χ0v) is 10.4. The van der Waals surface area contributed by atoms with Gasteiger partial charge in [0.1, 0.15) is 5.82 Å². The van der Waals surface area contributed by atoms with Crippen molar-refractivity contribution in [3.63, 3.8) is 0 Å². The average molecular weight is 272 g/mol. The quantitative estimate of drug-likeness (QED) is 0.664. The van der Waals surface area contributed by atoms with Crippen LogP contribution in [0.4, 0.5) is 4.39 Å². The Balaban J connectivity index is 2.19. The second-order valence-electron chi connectivity index (χ2n) is 3.56. The van der Waals surface area contributed by atoms with Crippen molar-refractivity contribution in [1.82, 2.24) is 10.4 Å². The highest BCUT2D eigenvalue weighted by Crippen LogP contribution is 2.25. The van der Waals surface area contributed by atoms with Gasteiger partial charge in [0.2, 0.25) is 0 Å². The monoisotopic (exact) mass is 271 g/mol. The summed E-state index contributed by atoms with van der Waals surface area (Å²) in [6, 6.07) is 4.30. The van der Waals surface area contributed by atoms with Gasteiger partial charge in [0.15, 0.2) is 0 Å². The first-order valence-corrected chi connectivity index (χ1v) is 6.25. The van der Waals surface area contributed by atoms with Crippen molar-refractivity contribution in [3.8, 4) is 0 Å². The minimum Gasteiger partial charge on any atom is -0.271 e. The molecule has 90 valence electrons. The van der Waals surface area contributed by atoms with E-state index in [2.05, 4.69) is 10.4 Å². The Kier molecular flexibility index (Phi) is 4.06. The number of nitrogens with two attached hydrogens (primary N) is 1. The lowest BCUT2D eigenvalue weighted by atomic mass is 10.1. The predicted octanol–water partition coefficient (Wildman–Crippen LogP) is 2.68. The van der Waals surface area contributed by atoms with E-state index in [1.54, 1.807) is 17.8 Å². The maximum absolute atomic E-state index is 12.9. The van der Waals surface area contributed by atoms with E-state index in [4.69, 9.17) is 17.4 Å². The van der Waals surface area contributed by atoms with Crippen LogP contribution in [0, 0.1) is 5.82 Å². The standard InChI is InChI=1S/C11H11ClFN3S/c12-9-4-8(13)2-1-7(9)3-10(16-14)11-5-15-6-17-11/h1-2,4-6,10,16H,3,14H2. The Bertz CT molecular complexity index is 489. The third kappa shape index (κ3) is 3.01. The van der Waals surface area contributed by atoms with Gasteiger partial charge in [0.25, 0.3) is 0 Å². The molecule has 3 N–H and O–H groups in total. The molecule has 17 heavy (non-hydrogen) atoms. The first-order valence-electron chi connectivity index (χ1n) is 4.99. The molecule has 0 aliphatic rings. The smallest absolute Gasteiger partial charge is 0.124 e. The summed E-state index contributed by atoms with van der Waals surface area (Å²) in [7, 11) is 0.